The zero-order valence-electron chi connectivity index (χ0n) is 17.1. The standard InChI is InChI=1S/C24H32N2O/c1-16-17(2)27-18(3)21-14-24(4,23(25)22(16)21)15-26-12-10-20(11-13-26)19-8-6-5-7-9-19/h5-9,20H,10-15,25H2,1-4H3. The summed E-state index contributed by atoms with van der Waals surface area (Å²) in [6.07, 6.45) is 3.46. The first kappa shape index (κ1) is 18.4. The second-order valence-electron chi connectivity index (χ2n) is 8.81. The number of hydrogen-bond acceptors (Lipinski definition) is 3. The summed E-state index contributed by atoms with van der Waals surface area (Å²) in [5, 5.41) is 0. The van der Waals surface area contributed by atoms with E-state index < -0.39 is 0 Å². The fourth-order valence-corrected chi connectivity index (χ4v) is 5.09. The molecule has 2 aliphatic heterocycles. The molecule has 1 fully saturated rings. The van der Waals surface area contributed by atoms with Crippen LogP contribution in [-0.2, 0) is 4.74 Å². The van der Waals surface area contributed by atoms with Gasteiger partial charge < -0.3 is 15.4 Å². The van der Waals surface area contributed by atoms with Crippen LogP contribution >= 0.6 is 0 Å². The Kier molecular flexibility index (Phi) is 4.67. The molecule has 0 aromatic heterocycles. The molecule has 1 aromatic rings. The Morgan fingerprint density at radius 1 is 1.07 bits per heavy atom. The Balaban J connectivity index is 1.48. The van der Waals surface area contributed by atoms with Crippen molar-refractivity contribution < 1.29 is 4.74 Å². The van der Waals surface area contributed by atoms with E-state index >= 15 is 0 Å². The second-order valence-corrected chi connectivity index (χ2v) is 8.81. The third-order valence-corrected chi connectivity index (χ3v) is 6.85. The van der Waals surface area contributed by atoms with Gasteiger partial charge in [0, 0.05) is 28.8 Å². The Morgan fingerprint density at radius 3 is 2.41 bits per heavy atom. The molecule has 1 aromatic carbocycles. The molecule has 3 nitrogen and oxygen atoms in total. The predicted octanol–water partition coefficient (Wildman–Crippen LogP) is 5.09. The number of nitrogens with zero attached hydrogens (tertiary/aromatic N) is 1. The molecular formula is C24H32N2O. The number of piperidine rings is 1. The monoisotopic (exact) mass is 364 g/mol. The van der Waals surface area contributed by atoms with Gasteiger partial charge in [0.25, 0.3) is 0 Å². The van der Waals surface area contributed by atoms with Gasteiger partial charge >= 0.3 is 0 Å². The first-order valence-corrected chi connectivity index (χ1v) is 10.2. The molecule has 3 aliphatic rings. The van der Waals surface area contributed by atoms with Crippen molar-refractivity contribution >= 4 is 0 Å². The van der Waals surface area contributed by atoms with Gasteiger partial charge in [-0.1, -0.05) is 37.3 Å². The number of rotatable bonds is 3. The fourth-order valence-electron chi connectivity index (χ4n) is 5.09. The van der Waals surface area contributed by atoms with Crippen LogP contribution in [0.25, 0.3) is 0 Å². The number of allylic oxidation sites excluding steroid dienone is 5. The molecule has 1 atom stereocenters. The molecule has 0 radical (unpaired) electrons. The van der Waals surface area contributed by atoms with Crippen molar-refractivity contribution in [3.05, 3.63) is 69.8 Å². The van der Waals surface area contributed by atoms with Crippen LogP contribution in [0.1, 0.15) is 58.4 Å². The zero-order chi connectivity index (χ0) is 19.2. The molecule has 0 bridgehead atoms. The molecule has 2 heterocycles. The largest absolute Gasteiger partial charge is 0.466 e. The van der Waals surface area contributed by atoms with Crippen LogP contribution in [0.4, 0.5) is 0 Å². The molecule has 0 saturated carbocycles. The average molecular weight is 365 g/mol. The number of benzene rings is 1. The van der Waals surface area contributed by atoms with Crippen molar-refractivity contribution in [1.29, 1.82) is 0 Å². The highest BCUT2D eigenvalue weighted by Crippen LogP contribution is 2.50. The predicted molar refractivity (Wildman–Crippen MR) is 111 cm³/mol. The molecule has 144 valence electrons. The highest BCUT2D eigenvalue weighted by molar-refractivity contribution is 5.58. The molecular weight excluding hydrogens is 332 g/mol. The van der Waals surface area contributed by atoms with Gasteiger partial charge in [0.1, 0.15) is 11.5 Å². The molecule has 4 rings (SSSR count). The maximum atomic E-state index is 6.75. The first-order chi connectivity index (χ1) is 12.9. The van der Waals surface area contributed by atoms with E-state index in [9.17, 15) is 0 Å². The quantitative estimate of drug-likeness (QED) is 0.812. The number of hydrogen-bond donors (Lipinski definition) is 1. The third kappa shape index (κ3) is 3.23. The SMILES string of the molecule is CC1=C(C)C2=C(N)C(C)(CN3CCC(c4ccccc4)CC3)CC2=C(C)O1. The molecule has 27 heavy (non-hydrogen) atoms. The molecule has 0 spiro atoms. The van der Waals surface area contributed by atoms with E-state index in [4.69, 9.17) is 10.5 Å². The normalized spacial score (nSPS) is 27.3. The molecule has 1 unspecified atom stereocenters. The van der Waals surface area contributed by atoms with Gasteiger partial charge in [0.15, 0.2) is 0 Å². The number of ether oxygens (including phenoxy) is 1. The number of fused-ring (bicyclic) bond motifs is 1. The van der Waals surface area contributed by atoms with Crippen LogP contribution in [0.15, 0.2) is 64.3 Å². The van der Waals surface area contributed by atoms with E-state index in [0.717, 1.165) is 43.3 Å². The Labute approximate surface area is 163 Å². The van der Waals surface area contributed by atoms with Crippen molar-refractivity contribution in [1.82, 2.24) is 4.90 Å². The van der Waals surface area contributed by atoms with Crippen molar-refractivity contribution in [2.75, 3.05) is 19.6 Å². The molecule has 2 N–H and O–H groups in total. The van der Waals surface area contributed by atoms with Gasteiger partial charge in [0.2, 0.25) is 0 Å². The average Bonchev–Trinajstić information content (AvgIpc) is 2.93. The topological polar surface area (TPSA) is 38.5 Å². The number of likely N-dealkylation sites (tertiary alicyclic amines) is 1. The van der Waals surface area contributed by atoms with E-state index in [2.05, 4.69) is 56.0 Å². The lowest BCUT2D eigenvalue weighted by Crippen LogP contribution is -2.42. The van der Waals surface area contributed by atoms with Crippen LogP contribution in [0, 0.1) is 5.41 Å². The lowest BCUT2D eigenvalue weighted by Gasteiger charge is -2.38. The molecule has 3 heteroatoms. The van der Waals surface area contributed by atoms with E-state index in [1.165, 1.54) is 35.1 Å². The van der Waals surface area contributed by atoms with E-state index in [-0.39, 0.29) is 5.41 Å². The summed E-state index contributed by atoms with van der Waals surface area (Å²) >= 11 is 0. The molecule has 1 saturated heterocycles. The van der Waals surface area contributed by atoms with Gasteiger partial charge in [-0.2, -0.15) is 0 Å². The Bertz CT molecular complexity index is 825. The van der Waals surface area contributed by atoms with Gasteiger partial charge in [-0.15, -0.1) is 0 Å². The smallest absolute Gasteiger partial charge is 0.104 e. The van der Waals surface area contributed by atoms with E-state index in [1.54, 1.807) is 0 Å². The maximum absolute atomic E-state index is 6.75. The molecule has 1 aliphatic carbocycles. The van der Waals surface area contributed by atoms with Crippen LogP contribution < -0.4 is 5.73 Å². The minimum atomic E-state index is 0.000744. The summed E-state index contributed by atoms with van der Waals surface area (Å²) in [6.45, 7) is 11.9. The van der Waals surface area contributed by atoms with Crippen LogP contribution in [0.2, 0.25) is 0 Å². The van der Waals surface area contributed by atoms with Crippen molar-refractivity contribution in [3.63, 3.8) is 0 Å². The summed E-state index contributed by atoms with van der Waals surface area (Å²) < 4.78 is 5.96. The summed E-state index contributed by atoms with van der Waals surface area (Å²) in [4.78, 5) is 2.62. The highest BCUT2D eigenvalue weighted by atomic mass is 16.5. The highest BCUT2D eigenvalue weighted by Gasteiger charge is 2.43. The minimum Gasteiger partial charge on any atom is -0.466 e. The van der Waals surface area contributed by atoms with Gasteiger partial charge in [-0.05, 0) is 70.2 Å². The second kappa shape index (κ2) is 6.87. The van der Waals surface area contributed by atoms with E-state index in [1.807, 2.05) is 6.92 Å². The maximum Gasteiger partial charge on any atom is 0.104 e. The first-order valence-electron chi connectivity index (χ1n) is 10.2. The zero-order valence-corrected chi connectivity index (χ0v) is 17.1. The summed E-state index contributed by atoms with van der Waals surface area (Å²) in [7, 11) is 0. The lowest BCUT2D eigenvalue weighted by molar-refractivity contribution is 0.155. The van der Waals surface area contributed by atoms with E-state index in [0.29, 0.717) is 5.92 Å². The number of nitrogens with two attached hydrogens (primary N) is 1. The molecule has 0 amide bonds. The van der Waals surface area contributed by atoms with Gasteiger partial charge in [-0.3, -0.25) is 0 Å². The Morgan fingerprint density at radius 2 is 1.74 bits per heavy atom. The summed E-state index contributed by atoms with van der Waals surface area (Å²) in [5.74, 6) is 2.72. The summed E-state index contributed by atoms with van der Waals surface area (Å²) in [5.41, 5.74) is 13.1. The van der Waals surface area contributed by atoms with Crippen LogP contribution in [0.5, 0.6) is 0 Å². The van der Waals surface area contributed by atoms with Crippen LogP contribution in [-0.4, -0.2) is 24.5 Å². The Hall–Kier alpha value is -2.00. The van der Waals surface area contributed by atoms with Gasteiger partial charge in [-0.25, -0.2) is 0 Å². The van der Waals surface area contributed by atoms with Crippen molar-refractivity contribution in [2.24, 2.45) is 11.1 Å². The third-order valence-electron chi connectivity index (χ3n) is 6.85. The minimum absolute atomic E-state index is 0.000744. The van der Waals surface area contributed by atoms with Crippen LogP contribution in [0.3, 0.4) is 0 Å². The van der Waals surface area contributed by atoms with Crippen molar-refractivity contribution in [3.8, 4) is 0 Å². The van der Waals surface area contributed by atoms with Crippen molar-refractivity contribution in [2.45, 2.75) is 52.9 Å². The fraction of sp³-hybridized carbons (Fsp3) is 0.500. The van der Waals surface area contributed by atoms with Gasteiger partial charge in [0.05, 0.1) is 0 Å². The summed E-state index contributed by atoms with van der Waals surface area (Å²) in [6, 6.07) is 11.0. The lowest BCUT2D eigenvalue weighted by atomic mass is 9.84.